The average Bonchev–Trinajstić information content (AvgIpc) is 3.49. The molecule has 29 heavy (non-hydrogen) atoms. The van der Waals surface area contributed by atoms with E-state index in [0.717, 1.165) is 74.4 Å². The highest BCUT2D eigenvalue weighted by Gasteiger charge is 2.47. The highest BCUT2D eigenvalue weighted by atomic mass is 16.2. The molecule has 0 spiro atoms. The zero-order valence-corrected chi connectivity index (χ0v) is 17.1. The molecule has 2 aliphatic rings. The molecule has 5 heteroatoms. The van der Waals surface area contributed by atoms with Gasteiger partial charge in [-0.25, -0.2) is 9.78 Å². The van der Waals surface area contributed by atoms with Crippen molar-refractivity contribution in [2.45, 2.75) is 38.8 Å². The van der Waals surface area contributed by atoms with Gasteiger partial charge in [0.1, 0.15) is 11.9 Å². The minimum atomic E-state index is 0.312. The zero-order chi connectivity index (χ0) is 19.8. The second-order valence-corrected chi connectivity index (χ2v) is 8.57. The van der Waals surface area contributed by atoms with Crippen LogP contribution < -0.4 is 5.32 Å². The van der Waals surface area contributed by atoms with Crippen LogP contribution in [0.25, 0.3) is 11.0 Å². The molecule has 5 rings (SSSR count). The quantitative estimate of drug-likeness (QED) is 0.695. The van der Waals surface area contributed by atoms with Gasteiger partial charge in [0.15, 0.2) is 0 Å². The molecule has 2 fully saturated rings. The van der Waals surface area contributed by atoms with E-state index in [1.807, 2.05) is 18.2 Å². The Bertz CT molecular complexity index is 1020. The van der Waals surface area contributed by atoms with E-state index < -0.39 is 0 Å². The molecule has 5 nitrogen and oxygen atoms in total. The summed E-state index contributed by atoms with van der Waals surface area (Å²) < 4.78 is 2.89. The van der Waals surface area contributed by atoms with E-state index in [2.05, 4.69) is 52.1 Å². The Hall–Kier alpha value is -2.50. The topological polar surface area (TPSA) is 46.9 Å². The first kappa shape index (κ1) is 18.5. The minimum absolute atomic E-state index is 0.312. The molecule has 150 valence electrons. The fraction of sp³-hybridized carbons (Fsp3) is 0.417. The third-order valence-electron chi connectivity index (χ3n) is 6.89. The first-order valence-corrected chi connectivity index (χ1v) is 10.8. The van der Waals surface area contributed by atoms with Gasteiger partial charge in [0.25, 0.3) is 0 Å². The number of benzene rings is 2. The summed E-state index contributed by atoms with van der Waals surface area (Å²) >= 11 is 0. The van der Waals surface area contributed by atoms with Gasteiger partial charge < -0.3 is 9.88 Å². The highest BCUT2D eigenvalue weighted by molar-refractivity contribution is 5.89. The summed E-state index contributed by atoms with van der Waals surface area (Å²) in [6.45, 7) is 6.81. The van der Waals surface area contributed by atoms with E-state index in [0.29, 0.717) is 16.4 Å². The van der Waals surface area contributed by atoms with Crippen molar-refractivity contribution in [3.63, 3.8) is 0 Å². The molecule has 0 unspecified atom stereocenters. The summed E-state index contributed by atoms with van der Waals surface area (Å²) in [5, 5.41) is 3.46. The number of rotatable bonds is 4. The van der Waals surface area contributed by atoms with E-state index >= 15 is 0 Å². The second kappa shape index (κ2) is 7.39. The lowest BCUT2D eigenvalue weighted by Crippen LogP contribution is -2.58. The van der Waals surface area contributed by atoms with Gasteiger partial charge in [-0.15, -0.1) is 0 Å². The number of imidazole rings is 1. The number of aromatic nitrogens is 2. The van der Waals surface area contributed by atoms with Crippen molar-refractivity contribution in [3.8, 4) is 0 Å². The Morgan fingerprint density at radius 1 is 1.14 bits per heavy atom. The van der Waals surface area contributed by atoms with Gasteiger partial charge in [-0.1, -0.05) is 24.3 Å². The number of quaternary nitrogens is 1. The number of fused-ring (bicyclic) bond motifs is 1. The lowest BCUT2D eigenvalue weighted by atomic mass is 10.1. The summed E-state index contributed by atoms with van der Waals surface area (Å²) in [5.41, 5.74) is 4.24. The summed E-state index contributed by atoms with van der Waals surface area (Å²) in [5.74, 6) is 1.33. The molecule has 2 saturated heterocycles. The van der Waals surface area contributed by atoms with Crippen LogP contribution in [0.4, 0.5) is 0 Å². The van der Waals surface area contributed by atoms with Crippen LogP contribution in [0.2, 0.25) is 0 Å². The molecule has 2 aliphatic heterocycles. The standard InChI is InChI=1S/C24H29N4O/c1-18-26-22-6-2-3-7-23(22)27(18)17-19-8-10-20(11-9-19)24(29)28(14-4-5-15-28)21-12-13-25-16-21/h2-3,6-11,21,25H,4-5,12-17H2,1H3/q+1/t21-/m0/s1. The number of likely N-dealkylation sites (tertiary alicyclic amines) is 1. The first-order chi connectivity index (χ1) is 14.2. The number of hydrogen-bond acceptors (Lipinski definition) is 3. The predicted octanol–water partition coefficient (Wildman–Crippen LogP) is 3.51. The Kier molecular flexibility index (Phi) is 4.72. The van der Waals surface area contributed by atoms with Gasteiger partial charge in [0.2, 0.25) is 0 Å². The van der Waals surface area contributed by atoms with Crippen molar-refractivity contribution in [3.05, 3.63) is 65.5 Å². The third kappa shape index (κ3) is 3.18. The fourth-order valence-electron chi connectivity index (χ4n) is 5.28. The van der Waals surface area contributed by atoms with Crippen LogP contribution in [0, 0.1) is 6.92 Å². The van der Waals surface area contributed by atoms with E-state index in [1.165, 1.54) is 5.56 Å². The van der Waals surface area contributed by atoms with Crippen LogP contribution in [0.3, 0.4) is 0 Å². The first-order valence-electron chi connectivity index (χ1n) is 10.8. The van der Waals surface area contributed by atoms with E-state index in [4.69, 9.17) is 0 Å². The number of nitrogens with zero attached hydrogens (tertiary/aromatic N) is 3. The molecule has 1 N–H and O–H groups in total. The monoisotopic (exact) mass is 389 g/mol. The average molecular weight is 390 g/mol. The predicted molar refractivity (Wildman–Crippen MR) is 115 cm³/mol. The molecule has 1 atom stereocenters. The van der Waals surface area contributed by atoms with Crippen molar-refractivity contribution < 1.29 is 9.28 Å². The van der Waals surface area contributed by atoms with Crippen molar-refractivity contribution in [1.29, 1.82) is 0 Å². The summed E-state index contributed by atoms with van der Waals surface area (Å²) in [6.07, 6.45) is 3.43. The minimum Gasteiger partial charge on any atom is -0.324 e. The normalized spacial score (nSPS) is 21.1. The van der Waals surface area contributed by atoms with Crippen LogP contribution in [-0.2, 0) is 6.54 Å². The highest BCUT2D eigenvalue weighted by Crippen LogP contribution is 2.30. The van der Waals surface area contributed by atoms with Gasteiger partial charge in [-0.05, 0) is 36.8 Å². The van der Waals surface area contributed by atoms with E-state index in [9.17, 15) is 4.79 Å². The number of aryl methyl sites for hydroxylation is 1. The maximum Gasteiger partial charge on any atom is 0.346 e. The van der Waals surface area contributed by atoms with Crippen molar-refractivity contribution in [2.75, 3.05) is 26.2 Å². The van der Waals surface area contributed by atoms with Crippen LogP contribution in [0.5, 0.6) is 0 Å². The number of hydrogen-bond donors (Lipinski definition) is 1. The number of nitrogens with one attached hydrogen (secondary N) is 1. The molecule has 2 aromatic carbocycles. The smallest absolute Gasteiger partial charge is 0.324 e. The molecular weight excluding hydrogens is 360 g/mol. The maximum atomic E-state index is 13.5. The van der Waals surface area contributed by atoms with Crippen molar-refractivity contribution in [1.82, 2.24) is 14.9 Å². The number of carbonyl (C=O) groups is 1. The summed E-state index contributed by atoms with van der Waals surface area (Å²) in [7, 11) is 0. The molecule has 1 amide bonds. The summed E-state index contributed by atoms with van der Waals surface area (Å²) in [6, 6.07) is 17.0. The molecule has 0 aliphatic carbocycles. The van der Waals surface area contributed by atoms with Crippen molar-refractivity contribution in [2.24, 2.45) is 0 Å². The molecule has 0 bridgehead atoms. The Labute approximate surface area is 171 Å². The van der Waals surface area contributed by atoms with Crippen LogP contribution in [-0.4, -0.2) is 52.2 Å². The molecule has 1 aromatic heterocycles. The van der Waals surface area contributed by atoms with Gasteiger partial charge >= 0.3 is 5.91 Å². The number of para-hydroxylation sites is 2. The molecule has 0 saturated carbocycles. The van der Waals surface area contributed by atoms with Gasteiger partial charge in [-0.3, -0.25) is 4.48 Å². The Morgan fingerprint density at radius 3 is 2.62 bits per heavy atom. The lowest BCUT2D eigenvalue weighted by molar-refractivity contribution is -0.860. The lowest BCUT2D eigenvalue weighted by Gasteiger charge is -2.36. The Balaban J connectivity index is 1.39. The molecular formula is C24H29N4O+. The summed E-state index contributed by atoms with van der Waals surface area (Å²) in [4.78, 5) is 18.2. The van der Waals surface area contributed by atoms with Gasteiger partial charge in [0.05, 0.1) is 29.7 Å². The second-order valence-electron chi connectivity index (χ2n) is 8.57. The maximum absolute atomic E-state index is 13.5. The fourth-order valence-corrected chi connectivity index (χ4v) is 5.28. The SMILES string of the molecule is Cc1nc2ccccc2n1Cc1ccc(C(=O)[N+]2([C@H]3CCNC3)CCCC2)cc1. The molecule has 0 radical (unpaired) electrons. The van der Waals surface area contributed by atoms with Gasteiger partial charge in [-0.2, -0.15) is 0 Å². The largest absolute Gasteiger partial charge is 0.346 e. The van der Waals surface area contributed by atoms with Crippen LogP contribution in [0.15, 0.2) is 48.5 Å². The van der Waals surface area contributed by atoms with Crippen LogP contribution >= 0.6 is 0 Å². The third-order valence-corrected chi connectivity index (χ3v) is 6.89. The molecule has 3 heterocycles. The molecule has 3 aromatic rings. The van der Waals surface area contributed by atoms with Gasteiger partial charge in [0, 0.05) is 38.9 Å². The van der Waals surface area contributed by atoms with E-state index in [1.54, 1.807) is 0 Å². The van der Waals surface area contributed by atoms with Crippen molar-refractivity contribution >= 4 is 16.9 Å². The number of amides is 1. The van der Waals surface area contributed by atoms with E-state index in [-0.39, 0.29) is 0 Å². The zero-order valence-electron chi connectivity index (χ0n) is 17.1. The van der Waals surface area contributed by atoms with Crippen LogP contribution in [0.1, 0.15) is 41.0 Å². The Morgan fingerprint density at radius 2 is 1.90 bits per heavy atom. The number of carbonyl (C=O) groups excluding carboxylic acids is 1.